The third kappa shape index (κ3) is 5.41. The third-order valence-corrected chi connectivity index (χ3v) is 7.56. The highest BCUT2D eigenvalue weighted by molar-refractivity contribution is 6.42. The Labute approximate surface area is 239 Å². The maximum Gasteiger partial charge on any atom is 0.343 e. The van der Waals surface area contributed by atoms with Crippen molar-refractivity contribution in [3.8, 4) is 5.75 Å². The van der Waals surface area contributed by atoms with Crippen molar-refractivity contribution in [2.75, 3.05) is 6.54 Å². The third-order valence-electron chi connectivity index (χ3n) is 6.82. The Morgan fingerprint density at radius 1 is 0.775 bits per heavy atom. The molecule has 0 bridgehead atoms. The molecule has 10 heteroatoms. The fraction of sp³-hybridized carbons (Fsp3) is 0.167. The number of ketones is 1. The number of halogens is 2. The Balaban J connectivity index is 1.39. The number of allylic oxidation sites excluding steroid dienone is 2. The van der Waals surface area contributed by atoms with Gasteiger partial charge in [-0.15, -0.1) is 0 Å². The van der Waals surface area contributed by atoms with Crippen LogP contribution in [0, 0.1) is 11.8 Å². The van der Waals surface area contributed by atoms with E-state index in [-0.39, 0.29) is 26.9 Å². The highest BCUT2D eigenvalue weighted by Crippen LogP contribution is 2.36. The number of nitrogens with zero attached hydrogens (tertiary/aromatic N) is 2. The molecule has 2 aliphatic rings. The lowest BCUT2D eigenvalue weighted by Crippen LogP contribution is -2.52. The van der Waals surface area contributed by atoms with Gasteiger partial charge in [-0.2, -0.15) is 5.01 Å². The van der Waals surface area contributed by atoms with Gasteiger partial charge in [0.05, 0.1) is 27.4 Å². The second kappa shape index (κ2) is 11.5. The van der Waals surface area contributed by atoms with E-state index in [9.17, 15) is 24.0 Å². The number of carbonyl (C=O) groups excluding carboxylic acids is 5. The standard InChI is InChI=1S/C30H22Cl2N2O6/c31-24-15-12-20(16-25(24)32)27(36)33(34-28(37)22-8-4-5-9-23(22)29(34)38)17-26(35)18-10-13-21(14-11-18)40-30(39)19-6-2-1-3-7-19/h1-7,10-16,22-23H,8-9,17H2/t22-,23+. The van der Waals surface area contributed by atoms with Gasteiger partial charge in [-0.3, -0.25) is 19.2 Å². The average Bonchev–Trinajstić information content (AvgIpc) is 3.23. The number of hydrogen-bond acceptors (Lipinski definition) is 6. The summed E-state index contributed by atoms with van der Waals surface area (Å²) in [4.78, 5) is 65.9. The zero-order valence-electron chi connectivity index (χ0n) is 21.0. The van der Waals surface area contributed by atoms with Crippen LogP contribution in [0.5, 0.6) is 5.75 Å². The van der Waals surface area contributed by atoms with E-state index in [1.54, 1.807) is 30.3 Å². The molecule has 3 aromatic carbocycles. The van der Waals surface area contributed by atoms with Crippen LogP contribution in [-0.4, -0.2) is 46.0 Å². The van der Waals surface area contributed by atoms with Crippen LogP contribution in [0.15, 0.2) is 84.9 Å². The zero-order valence-corrected chi connectivity index (χ0v) is 22.5. The Morgan fingerprint density at radius 2 is 1.38 bits per heavy atom. The molecule has 202 valence electrons. The highest BCUT2D eigenvalue weighted by Gasteiger charge is 2.51. The summed E-state index contributed by atoms with van der Waals surface area (Å²) in [5.41, 5.74) is 0.610. The molecular formula is C30H22Cl2N2O6. The molecule has 8 nitrogen and oxygen atoms in total. The number of esters is 1. The largest absolute Gasteiger partial charge is 0.423 e. The summed E-state index contributed by atoms with van der Waals surface area (Å²) in [6.07, 6.45) is 4.41. The average molecular weight is 577 g/mol. The van der Waals surface area contributed by atoms with E-state index in [1.165, 1.54) is 42.5 Å². The number of benzene rings is 3. The van der Waals surface area contributed by atoms with Crippen LogP contribution >= 0.6 is 23.2 Å². The van der Waals surface area contributed by atoms with E-state index >= 15 is 0 Å². The fourth-order valence-corrected chi connectivity index (χ4v) is 5.01. The van der Waals surface area contributed by atoms with Gasteiger partial charge in [-0.1, -0.05) is 53.6 Å². The minimum absolute atomic E-state index is 0.0546. The van der Waals surface area contributed by atoms with Gasteiger partial charge < -0.3 is 4.74 Å². The molecule has 0 radical (unpaired) electrons. The van der Waals surface area contributed by atoms with Gasteiger partial charge in [0.1, 0.15) is 12.3 Å². The van der Waals surface area contributed by atoms with E-state index in [0.717, 1.165) is 10.0 Å². The monoisotopic (exact) mass is 576 g/mol. The number of amides is 3. The van der Waals surface area contributed by atoms with Crippen molar-refractivity contribution in [2.45, 2.75) is 12.8 Å². The van der Waals surface area contributed by atoms with Crippen molar-refractivity contribution < 1.29 is 28.7 Å². The molecule has 1 aliphatic heterocycles. The Morgan fingerprint density at radius 3 is 1.98 bits per heavy atom. The highest BCUT2D eigenvalue weighted by atomic mass is 35.5. The maximum absolute atomic E-state index is 13.6. The van der Waals surface area contributed by atoms with Crippen molar-refractivity contribution in [3.63, 3.8) is 0 Å². The number of Topliss-reactive ketones (excluding diaryl/α,β-unsaturated/α-hetero) is 1. The summed E-state index contributed by atoms with van der Waals surface area (Å²) in [7, 11) is 0. The van der Waals surface area contributed by atoms with Gasteiger partial charge in [0.15, 0.2) is 5.78 Å². The van der Waals surface area contributed by atoms with E-state index in [2.05, 4.69) is 0 Å². The van der Waals surface area contributed by atoms with Crippen LogP contribution in [0.1, 0.15) is 43.9 Å². The lowest BCUT2D eigenvalue weighted by atomic mass is 9.85. The number of rotatable bonds is 7. The predicted molar refractivity (Wildman–Crippen MR) is 147 cm³/mol. The van der Waals surface area contributed by atoms with E-state index in [4.69, 9.17) is 27.9 Å². The van der Waals surface area contributed by atoms with Crippen LogP contribution in [0.4, 0.5) is 0 Å². The fourth-order valence-electron chi connectivity index (χ4n) is 4.71. The van der Waals surface area contributed by atoms with Gasteiger partial charge in [-0.25, -0.2) is 9.80 Å². The summed E-state index contributed by atoms with van der Waals surface area (Å²) >= 11 is 12.1. The molecule has 0 saturated carbocycles. The Kier molecular flexibility index (Phi) is 7.82. The molecule has 1 aliphatic carbocycles. The van der Waals surface area contributed by atoms with Crippen molar-refractivity contribution >= 4 is 52.7 Å². The van der Waals surface area contributed by atoms with Gasteiger partial charge >= 0.3 is 5.97 Å². The Bertz CT molecular complexity index is 1510. The molecule has 2 atom stereocenters. The summed E-state index contributed by atoms with van der Waals surface area (Å²) < 4.78 is 5.36. The van der Waals surface area contributed by atoms with Gasteiger partial charge in [-0.05, 0) is 67.4 Å². The van der Waals surface area contributed by atoms with Crippen LogP contribution < -0.4 is 4.74 Å². The molecule has 5 rings (SSSR count). The summed E-state index contributed by atoms with van der Waals surface area (Å²) in [6.45, 7) is -0.591. The van der Waals surface area contributed by atoms with Crippen LogP contribution in [0.2, 0.25) is 10.0 Å². The van der Waals surface area contributed by atoms with Crippen LogP contribution in [0.3, 0.4) is 0 Å². The predicted octanol–water partition coefficient (Wildman–Crippen LogP) is 5.40. The number of imide groups is 1. The topological polar surface area (TPSA) is 101 Å². The molecule has 40 heavy (non-hydrogen) atoms. The molecular weight excluding hydrogens is 555 g/mol. The van der Waals surface area contributed by atoms with Crippen molar-refractivity contribution in [1.29, 1.82) is 0 Å². The number of hydrogen-bond donors (Lipinski definition) is 0. The first-order chi connectivity index (χ1) is 19.2. The molecule has 1 saturated heterocycles. The van der Waals surface area contributed by atoms with Crippen LogP contribution in [0.25, 0.3) is 0 Å². The number of carbonyl (C=O) groups is 5. The molecule has 1 heterocycles. The van der Waals surface area contributed by atoms with Crippen LogP contribution in [-0.2, 0) is 9.59 Å². The first-order valence-electron chi connectivity index (χ1n) is 12.4. The second-order valence-electron chi connectivity index (χ2n) is 9.34. The first kappa shape index (κ1) is 27.3. The molecule has 3 amide bonds. The zero-order chi connectivity index (χ0) is 28.4. The van der Waals surface area contributed by atoms with Crippen molar-refractivity contribution in [1.82, 2.24) is 10.0 Å². The van der Waals surface area contributed by atoms with E-state index < -0.39 is 47.9 Å². The van der Waals surface area contributed by atoms with Crippen molar-refractivity contribution in [3.05, 3.63) is 112 Å². The quantitative estimate of drug-likeness (QED) is 0.123. The summed E-state index contributed by atoms with van der Waals surface area (Å²) in [6, 6.07) is 18.4. The number of fused-ring (bicyclic) bond motifs is 1. The van der Waals surface area contributed by atoms with Gasteiger partial charge in [0.25, 0.3) is 17.7 Å². The molecule has 0 N–H and O–H groups in total. The minimum Gasteiger partial charge on any atom is -0.423 e. The second-order valence-corrected chi connectivity index (χ2v) is 10.2. The van der Waals surface area contributed by atoms with E-state index in [0.29, 0.717) is 18.4 Å². The van der Waals surface area contributed by atoms with Gasteiger partial charge in [0.2, 0.25) is 0 Å². The van der Waals surface area contributed by atoms with Crippen molar-refractivity contribution in [2.24, 2.45) is 11.8 Å². The summed E-state index contributed by atoms with van der Waals surface area (Å²) in [5.74, 6) is -3.91. The Hall–Kier alpha value is -4.27. The maximum atomic E-state index is 13.6. The SMILES string of the molecule is O=C(CN(C(=O)c1ccc(Cl)c(Cl)c1)N1C(=O)[C@H]2CC=CC[C@H]2C1=O)c1ccc(OC(=O)c2ccccc2)cc1. The number of ether oxygens (including phenoxy) is 1. The number of hydrazine groups is 1. The lowest BCUT2D eigenvalue weighted by molar-refractivity contribution is -0.154. The molecule has 0 aromatic heterocycles. The molecule has 0 unspecified atom stereocenters. The lowest BCUT2D eigenvalue weighted by Gasteiger charge is -2.30. The molecule has 1 fully saturated rings. The molecule has 0 spiro atoms. The van der Waals surface area contributed by atoms with Gasteiger partial charge in [0, 0.05) is 11.1 Å². The van der Waals surface area contributed by atoms with E-state index in [1.807, 2.05) is 12.2 Å². The molecule has 3 aromatic rings. The normalized spacial score (nSPS) is 17.9. The minimum atomic E-state index is -0.756. The smallest absolute Gasteiger partial charge is 0.343 e. The first-order valence-corrected chi connectivity index (χ1v) is 13.2. The summed E-state index contributed by atoms with van der Waals surface area (Å²) in [5, 5.41) is 1.99.